The number of hydrogen-bond donors (Lipinski definition) is 2. The van der Waals surface area contributed by atoms with Gasteiger partial charge in [0.25, 0.3) is 0 Å². The van der Waals surface area contributed by atoms with Gasteiger partial charge >= 0.3 is 0 Å². The zero-order valence-electron chi connectivity index (χ0n) is 10.3. The van der Waals surface area contributed by atoms with E-state index in [0.29, 0.717) is 12.5 Å². The maximum Gasteiger partial charge on any atom is 0.128 e. The average Bonchev–Trinajstić information content (AvgIpc) is 2.39. The molecule has 4 nitrogen and oxygen atoms in total. The molecule has 1 fully saturated rings. The number of piperidine rings is 1. The molecular weight excluding hydrogens is 214 g/mol. The van der Waals surface area contributed by atoms with E-state index >= 15 is 0 Å². The maximum atomic E-state index is 9.11. The van der Waals surface area contributed by atoms with Crippen LogP contribution in [0.2, 0.25) is 0 Å². The summed E-state index contributed by atoms with van der Waals surface area (Å²) in [4.78, 5) is 6.68. The first kappa shape index (κ1) is 12.3. The molecule has 0 amide bonds. The van der Waals surface area contributed by atoms with E-state index < -0.39 is 0 Å². The molecule has 0 saturated carbocycles. The van der Waals surface area contributed by atoms with Gasteiger partial charge in [0.1, 0.15) is 5.82 Å². The van der Waals surface area contributed by atoms with E-state index in [0.717, 1.165) is 37.3 Å². The minimum Gasteiger partial charge on any atom is -0.396 e. The zero-order valence-corrected chi connectivity index (χ0v) is 10.3. The van der Waals surface area contributed by atoms with Gasteiger partial charge in [-0.3, -0.25) is 0 Å². The number of aliphatic hydroxyl groups excluding tert-OH is 1. The fraction of sp³-hybridized carbons (Fsp3) is 0.615. The van der Waals surface area contributed by atoms with Crippen LogP contribution in [-0.4, -0.2) is 29.8 Å². The van der Waals surface area contributed by atoms with Crippen molar-refractivity contribution in [2.45, 2.75) is 25.8 Å². The summed E-state index contributed by atoms with van der Waals surface area (Å²) in [5.41, 5.74) is 7.00. The van der Waals surface area contributed by atoms with Crippen LogP contribution >= 0.6 is 0 Å². The van der Waals surface area contributed by atoms with Crippen molar-refractivity contribution in [2.75, 3.05) is 24.6 Å². The summed E-state index contributed by atoms with van der Waals surface area (Å²) in [6, 6.07) is 4.09. The molecule has 94 valence electrons. The molecule has 2 rings (SSSR count). The molecule has 0 spiro atoms. The van der Waals surface area contributed by atoms with Gasteiger partial charge in [-0.1, -0.05) is 0 Å². The first-order valence-corrected chi connectivity index (χ1v) is 6.28. The number of pyridine rings is 1. The quantitative estimate of drug-likeness (QED) is 0.829. The Hall–Kier alpha value is -1.13. The second kappa shape index (κ2) is 5.47. The Morgan fingerprint density at radius 2 is 2.24 bits per heavy atom. The first-order chi connectivity index (χ1) is 8.20. The summed E-state index contributed by atoms with van der Waals surface area (Å²) < 4.78 is 0. The highest BCUT2D eigenvalue weighted by Crippen LogP contribution is 2.23. The van der Waals surface area contributed by atoms with Crippen molar-refractivity contribution in [3.8, 4) is 0 Å². The molecule has 0 aliphatic carbocycles. The largest absolute Gasteiger partial charge is 0.396 e. The Bertz CT molecular complexity index is 359. The van der Waals surface area contributed by atoms with Gasteiger partial charge in [0.15, 0.2) is 0 Å². The van der Waals surface area contributed by atoms with Crippen LogP contribution in [0.1, 0.15) is 31.4 Å². The zero-order chi connectivity index (χ0) is 12.3. The number of aromatic nitrogens is 1. The molecule has 1 saturated heterocycles. The minimum atomic E-state index is 0.0479. The molecular formula is C13H21N3O. The van der Waals surface area contributed by atoms with Crippen molar-refractivity contribution in [2.24, 2.45) is 11.7 Å². The van der Waals surface area contributed by atoms with E-state index in [1.54, 1.807) is 0 Å². The number of nitrogens with two attached hydrogens (primary N) is 1. The smallest absolute Gasteiger partial charge is 0.128 e. The van der Waals surface area contributed by atoms with E-state index in [1.165, 1.54) is 0 Å². The molecule has 17 heavy (non-hydrogen) atoms. The van der Waals surface area contributed by atoms with Crippen LogP contribution in [0.15, 0.2) is 18.3 Å². The summed E-state index contributed by atoms with van der Waals surface area (Å²) in [6.07, 6.45) is 3.91. The van der Waals surface area contributed by atoms with Crippen LogP contribution in [0, 0.1) is 5.92 Å². The third-order valence-corrected chi connectivity index (χ3v) is 3.49. The number of anilines is 1. The topological polar surface area (TPSA) is 62.4 Å². The van der Waals surface area contributed by atoms with Gasteiger partial charge in [-0.15, -0.1) is 0 Å². The van der Waals surface area contributed by atoms with Crippen molar-refractivity contribution in [3.05, 3.63) is 23.9 Å². The van der Waals surface area contributed by atoms with Crippen LogP contribution in [-0.2, 0) is 0 Å². The molecule has 0 bridgehead atoms. The van der Waals surface area contributed by atoms with Crippen molar-refractivity contribution in [1.29, 1.82) is 0 Å². The fourth-order valence-corrected chi connectivity index (χ4v) is 2.23. The highest BCUT2D eigenvalue weighted by Gasteiger charge is 2.19. The van der Waals surface area contributed by atoms with Crippen molar-refractivity contribution in [3.63, 3.8) is 0 Å². The molecule has 1 aromatic rings. The predicted molar refractivity (Wildman–Crippen MR) is 68.9 cm³/mol. The lowest BCUT2D eigenvalue weighted by atomic mass is 9.98. The first-order valence-electron chi connectivity index (χ1n) is 6.28. The van der Waals surface area contributed by atoms with Gasteiger partial charge in [-0.05, 0) is 43.4 Å². The van der Waals surface area contributed by atoms with Crippen LogP contribution in [0.3, 0.4) is 0 Å². The molecule has 1 aliphatic heterocycles. The molecule has 2 heterocycles. The fourth-order valence-electron chi connectivity index (χ4n) is 2.23. The SMILES string of the molecule is C[C@H](N)c1ccnc(N2CCC(CO)CC2)c1. The third-order valence-electron chi connectivity index (χ3n) is 3.49. The van der Waals surface area contributed by atoms with Gasteiger partial charge in [0.2, 0.25) is 0 Å². The maximum absolute atomic E-state index is 9.11. The van der Waals surface area contributed by atoms with E-state index in [-0.39, 0.29) is 6.04 Å². The van der Waals surface area contributed by atoms with Crippen LogP contribution < -0.4 is 10.6 Å². The second-order valence-electron chi connectivity index (χ2n) is 4.85. The Morgan fingerprint density at radius 1 is 1.53 bits per heavy atom. The summed E-state index contributed by atoms with van der Waals surface area (Å²) in [7, 11) is 0. The lowest BCUT2D eigenvalue weighted by molar-refractivity contribution is 0.203. The molecule has 0 aromatic carbocycles. The highest BCUT2D eigenvalue weighted by atomic mass is 16.3. The standard InChI is InChI=1S/C13H21N3O/c1-10(14)12-2-5-15-13(8-12)16-6-3-11(9-17)4-7-16/h2,5,8,10-11,17H,3-4,6-7,9,14H2,1H3/t10-/m0/s1. The van der Waals surface area contributed by atoms with Crippen LogP contribution in [0.25, 0.3) is 0 Å². The molecule has 1 atom stereocenters. The number of aliphatic hydroxyl groups is 1. The average molecular weight is 235 g/mol. The van der Waals surface area contributed by atoms with E-state index in [9.17, 15) is 0 Å². The summed E-state index contributed by atoms with van der Waals surface area (Å²) in [6.45, 7) is 4.24. The van der Waals surface area contributed by atoms with Gasteiger partial charge in [-0.2, -0.15) is 0 Å². The molecule has 4 heteroatoms. The third kappa shape index (κ3) is 2.96. The van der Waals surface area contributed by atoms with Gasteiger partial charge in [-0.25, -0.2) is 4.98 Å². The number of hydrogen-bond acceptors (Lipinski definition) is 4. The monoisotopic (exact) mass is 235 g/mol. The lowest BCUT2D eigenvalue weighted by Crippen LogP contribution is -2.35. The lowest BCUT2D eigenvalue weighted by Gasteiger charge is -2.32. The second-order valence-corrected chi connectivity index (χ2v) is 4.85. The Labute approximate surface area is 102 Å². The van der Waals surface area contributed by atoms with Gasteiger partial charge in [0, 0.05) is 31.9 Å². The van der Waals surface area contributed by atoms with Crippen molar-refractivity contribution < 1.29 is 5.11 Å². The summed E-state index contributed by atoms with van der Waals surface area (Å²) in [5.74, 6) is 1.47. The predicted octanol–water partition coefficient (Wildman–Crippen LogP) is 1.31. The van der Waals surface area contributed by atoms with Crippen molar-refractivity contribution in [1.82, 2.24) is 4.98 Å². The van der Waals surface area contributed by atoms with Gasteiger partial charge in [0.05, 0.1) is 0 Å². The van der Waals surface area contributed by atoms with Gasteiger partial charge < -0.3 is 15.7 Å². The molecule has 0 unspecified atom stereocenters. The van der Waals surface area contributed by atoms with E-state index in [1.807, 2.05) is 19.2 Å². The minimum absolute atomic E-state index is 0.0479. The number of rotatable bonds is 3. The molecule has 0 radical (unpaired) electrons. The van der Waals surface area contributed by atoms with Crippen LogP contribution in [0.5, 0.6) is 0 Å². The van der Waals surface area contributed by atoms with E-state index in [4.69, 9.17) is 10.8 Å². The Morgan fingerprint density at radius 3 is 2.82 bits per heavy atom. The summed E-state index contributed by atoms with van der Waals surface area (Å²) >= 11 is 0. The Balaban J connectivity index is 2.05. The summed E-state index contributed by atoms with van der Waals surface area (Å²) in [5, 5.41) is 9.11. The Kier molecular flexibility index (Phi) is 3.97. The highest BCUT2D eigenvalue weighted by molar-refractivity contribution is 5.42. The molecule has 3 N–H and O–H groups in total. The normalized spacial score (nSPS) is 19.4. The molecule has 1 aliphatic rings. The molecule has 1 aromatic heterocycles. The van der Waals surface area contributed by atoms with Crippen molar-refractivity contribution >= 4 is 5.82 Å². The van der Waals surface area contributed by atoms with E-state index in [2.05, 4.69) is 16.0 Å². The number of nitrogens with zero attached hydrogens (tertiary/aromatic N) is 2. The van der Waals surface area contributed by atoms with Crippen LogP contribution in [0.4, 0.5) is 5.82 Å².